The highest BCUT2D eigenvalue weighted by atomic mass is 35.5. The first kappa shape index (κ1) is 24.9. The number of fused-ring (bicyclic) bond motifs is 1. The number of benzene rings is 1. The van der Waals surface area contributed by atoms with E-state index in [1.165, 1.54) is 0 Å². The van der Waals surface area contributed by atoms with Crippen LogP contribution in [0.5, 0.6) is 0 Å². The molecule has 1 atom stereocenters. The highest BCUT2D eigenvalue weighted by molar-refractivity contribution is 6.32. The number of amides is 2. The van der Waals surface area contributed by atoms with Gasteiger partial charge in [0.15, 0.2) is 5.82 Å². The van der Waals surface area contributed by atoms with Gasteiger partial charge >= 0.3 is 0 Å². The van der Waals surface area contributed by atoms with Gasteiger partial charge in [-0.3, -0.25) is 9.59 Å². The maximum Gasteiger partial charge on any atom is 0.246 e. The van der Waals surface area contributed by atoms with E-state index in [-0.39, 0.29) is 17.9 Å². The van der Waals surface area contributed by atoms with Gasteiger partial charge in [0.1, 0.15) is 5.82 Å². The fraction of sp³-hybridized carbons (Fsp3) is 0.500. The Morgan fingerprint density at radius 3 is 2.73 bits per heavy atom. The number of rotatable bonds is 9. The van der Waals surface area contributed by atoms with E-state index < -0.39 is 0 Å². The van der Waals surface area contributed by atoms with Gasteiger partial charge in [-0.05, 0) is 30.0 Å². The summed E-state index contributed by atoms with van der Waals surface area (Å²) in [6.07, 6.45) is 4.96. The van der Waals surface area contributed by atoms with E-state index in [4.69, 9.17) is 16.3 Å². The molecular weight excluding hydrogens is 442 g/mol. The molecule has 0 saturated heterocycles. The molecule has 2 heterocycles. The Hall–Kier alpha value is -2.71. The lowest BCUT2D eigenvalue weighted by Crippen LogP contribution is -2.34. The first-order valence-corrected chi connectivity index (χ1v) is 11.7. The smallest absolute Gasteiger partial charge is 0.246 e. The van der Waals surface area contributed by atoms with Crippen molar-refractivity contribution in [2.45, 2.75) is 45.7 Å². The van der Waals surface area contributed by atoms with Crippen LogP contribution in [0.15, 0.2) is 30.3 Å². The quantitative estimate of drug-likeness (QED) is 0.564. The van der Waals surface area contributed by atoms with Gasteiger partial charge in [-0.15, -0.1) is 10.2 Å². The molecule has 2 amide bonds. The number of aromatic nitrogens is 3. The number of methoxy groups -OCH3 is 1. The second kappa shape index (κ2) is 12.0. The van der Waals surface area contributed by atoms with E-state index in [1.54, 1.807) is 30.2 Å². The molecule has 33 heavy (non-hydrogen) atoms. The summed E-state index contributed by atoms with van der Waals surface area (Å²) in [5.41, 5.74) is 0.808. The summed E-state index contributed by atoms with van der Waals surface area (Å²) in [6, 6.07) is 7.18. The first-order valence-electron chi connectivity index (χ1n) is 11.3. The predicted octanol–water partition coefficient (Wildman–Crippen LogP) is 3.27. The van der Waals surface area contributed by atoms with Crippen LogP contribution in [-0.4, -0.2) is 58.3 Å². The van der Waals surface area contributed by atoms with Crippen LogP contribution in [0.2, 0.25) is 5.02 Å². The molecule has 0 bridgehead atoms. The van der Waals surface area contributed by atoms with Crippen LogP contribution in [-0.2, 0) is 27.3 Å². The normalized spacial score (nSPS) is 14.9. The van der Waals surface area contributed by atoms with Crippen LogP contribution >= 0.6 is 11.6 Å². The number of ether oxygens (including phenoxy) is 1. The molecule has 9 heteroatoms. The molecule has 0 unspecified atom stereocenters. The minimum Gasteiger partial charge on any atom is -0.384 e. The number of hydrogen-bond acceptors (Lipinski definition) is 5. The average molecular weight is 474 g/mol. The van der Waals surface area contributed by atoms with Gasteiger partial charge < -0.3 is 19.5 Å². The van der Waals surface area contributed by atoms with Crippen molar-refractivity contribution in [3.63, 3.8) is 0 Å². The third kappa shape index (κ3) is 6.88. The minimum atomic E-state index is -0.238. The van der Waals surface area contributed by atoms with Crippen LogP contribution in [0.1, 0.15) is 49.9 Å². The number of halogens is 1. The predicted molar refractivity (Wildman–Crippen MR) is 128 cm³/mol. The van der Waals surface area contributed by atoms with Gasteiger partial charge in [0.05, 0.1) is 12.6 Å². The van der Waals surface area contributed by atoms with Crippen LogP contribution in [0, 0.1) is 5.92 Å². The molecule has 0 fully saturated rings. The van der Waals surface area contributed by atoms with Gasteiger partial charge in [-0.1, -0.05) is 43.6 Å². The SMILES string of the molecule is COCCC(=O)N[C@H](CC(C)C)c1nnc2n1CCN(C(=O)/C=C/c1ccccc1Cl)CC2. The van der Waals surface area contributed by atoms with E-state index in [9.17, 15) is 9.59 Å². The molecule has 0 aliphatic carbocycles. The summed E-state index contributed by atoms with van der Waals surface area (Å²) in [4.78, 5) is 27.0. The second-order valence-corrected chi connectivity index (χ2v) is 8.96. The zero-order valence-corrected chi connectivity index (χ0v) is 20.2. The monoisotopic (exact) mass is 473 g/mol. The minimum absolute atomic E-state index is 0.0678. The van der Waals surface area contributed by atoms with Crippen molar-refractivity contribution in [3.05, 3.63) is 52.6 Å². The number of nitrogens with one attached hydrogen (secondary N) is 1. The molecule has 178 valence electrons. The Bertz CT molecular complexity index is 988. The van der Waals surface area contributed by atoms with E-state index in [0.29, 0.717) is 50.0 Å². The maximum atomic E-state index is 12.8. The second-order valence-electron chi connectivity index (χ2n) is 8.55. The molecule has 1 aromatic heterocycles. The van der Waals surface area contributed by atoms with E-state index in [1.807, 2.05) is 18.2 Å². The number of hydrogen-bond donors (Lipinski definition) is 1. The third-order valence-electron chi connectivity index (χ3n) is 5.56. The summed E-state index contributed by atoms with van der Waals surface area (Å²) in [7, 11) is 1.58. The van der Waals surface area contributed by atoms with Gasteiger partial charge in [-0.25, -0.2) is 0 Å². The van der Waals surface area contributed by atoms with Crippen LogP contribution in [0.4, 0.5) is 0 Å². The van der Waals surface area contributed by atoms with Crippen molar-refractivity contribution in [1.82, 2.24) is 25.0 Å². The molecule has 1 aliphatic heterocycles. The Balaban J connectivity index is 1.70. The molecule has 0 radical (unpaired) electrons. The van der Waals surface area contributed by atoms with Crippen LogP contribution in [0.3, 0.4) is 0 Å². The average Bonchev–Trinajstić information content (AvgIpc) is 3.07. The number of carbonyl (C=O) groups is 2. The van der Waals surface area contributed by atoms with Gasteiger partial charge in [0, 0.05) is 50.7 Å². The molecule has 3 rings (SSSR count). The molecule has 8 nitrogen and oxygen atoms in total. The van der Waals surface area contributed by atoms with Gasteiger partial charge in [-0.2, -0.15) is 0 Å². The van der Waals surface area contributed by atoms with Gasteiger partial charge in [0.2, 0.25) is 11.8 Å². The molecule has 0 saturated carbocycles. The highest BCUT2D eigenvalue weighted by Gasteiger charge is 2.26. The van der Waals surface area contributed by atoms with Gasteiger partial charge in [0.25, 0.3) is 0 Å². The molecule has 1 N–H and O–H groups in total. The van der Waals surface area contributed by atoms with Crippen LogP contribution in [0.25, 0.3) is 6.08 Å². The van der Waals surface area contributed by atoms with Crippen molar-refractivity contribution in [3.8, 4) is 0 Å². The molecule has 1 aromatic carbocycles. The fourth-order valence-corrected chi connectivity index (χ4v) is 4.06. The zero-order valence-electron chi connectivity index (χ0n) is 19.5. The van der Waals surface area contributed by atoms with E-state index in [0.717, 1.165) is 23.6 Å². The van der Waals surface area contributed by atoms with Crippen molar-refractivity contribution in [2.24, 2.45) is 5.92 Å². The topological polar surface area (TPSA) is 89.3 Å². The lowest BCUT2D eigenvalue weighted by molar-refractivity contribution is -0.126. The Labute approximate surface area is 200 Å². The van der Waals surface area contributed by atoms with Crippen molar-refractivity contribution in [2.75, 3.05) is 26.8 Å². The molecule has 0 spiro atoms. The lowest BCUT2D eigenvalue weighted by atomic mass is 10.0. The maximum absolute atomic E-state index is 12.8. The molecule has 1 aliphatic rings. The summed E-state index contributed by atoms with van der Waals surface area (Å²) < 4.78 is 7.07. The summed E-state index contributed by atoms with van der Waals surface area (Å²) in [5, 5.41) is 12.5. The Morgan fingerprint density at radius 2 is 2.00 bits per heavy atom. The summed E-state index contributed by atoms with van der Waals surface area (Å²) in [5.74, 6) is 1.79. The largest absolute Gasteiger partial charge is 0.384 e. The number of nitrogens with zero attached hydrogens (tertiary/aromatic N) is 4. The lowest BCUT2D eigenvalue weighted by Gasteiger charge is -2.22. The fourth-order valence-electron chi connectivity index (χ4n) is 3.86. The van der Waals surface area contributed by atoms with E-state index in [2.05, 4.69) is 33.9 Å². The highest BCUT2D eigenvalue weighted by Crippen LogP contribution is 2.23. The van der Waals surface area contributed by atoms with E-state index >= 15 is 0 Å². The Kier molecular flexibility index (Phi) is 9.03. The Morgan fingerprint density at radius 1 is 1.21 bits per heavy atom. The zero-order chi connectivity index (χ0) is 23.8. The third-order valence-corrected chi connectivity index (χ3v) is 5.91. The molecule has 2 aromatic rings. The molecular formula is C24H32ClN5O3. The standard InChI is InChI=1S/C24H32ClN5O3/c1-17(2)16-20(26-22(31)11-15-33-3)24-28-27-21-10-12-29(13-14-30(21)24)23(32)9-8-18-6-4-5-7-19(18)25/h4-9,17,20H,10-16H2,1-3H3,(H,26,31)/b9-8+/t20-/m1/s1. The first-order chi connectivity index (χ1) is 15.9. The summed E-state index contributed by atoms with van der Waals surface area (Å²) in [6.45, 7) is 6.26. The van der Waals surface area contributed by atoms with Crippen molar-refractivity contribution < 1.29 is 14.3 Å². The summed E-state index contributed by atoms with van der Waals surface area (Å²) >= 11 is 6.18. The van der Waals surface area contributed by atoms with Crippen molar-refractivity contribution in [1.29, 1.82) is 0 Å². The van der Waals surface area contributed by atoms with Crippen molar-refractivity contribution >= 4 is 29.5 Å². The van der Waals surface area contributed by atoms with Crippen LogP contribution < -0.4 is 5.32 Å². The number of carbonyl (C=O) groups excluding carboxylic acids is 2.